The first-order valence-electron chi connectivity index (χ1n) is 7.58. The molecule has 2 amide bonds. The molecule has 5 heteroatoms. The number of nitrogens with one attached hydrogen (secondary N) is 1. The van der Waals surface area contributed by atoms with Gasteiger partial charge in [-0.3, -0.25) is 14.5 Å². The Morgan fingerprint density at radius 3 is 2.35 bits per heavy atom. The molecular weight excluding hydrogens is 290 g/mol. The van der Waals surface area contributed by atoms with E-state index in [2.05, 4.69) is 5.32 Å². The average molecular weight is 313 g/mol. The Morgan fingerprint density at radius 2 is 1.70 bits per heavy atom. The van der Waals surface area contributed by atoms with E-state index in [1.807, 2.05) is 42.5 Å². The Balaban J connectivity index is 2.03. The molecule has 0 aliphatic rings. The monoisotopic (exact) mass is 313 g/mol. The Bertz CT molecular complexity index is 712. The van der Waals surface area contributed by atoms with Crippen LogP contribution >= 0.6 is 0 Å². The summed E-state index contributed by atoms with van der Waals surface area (Å²) < 4.78 is 0. The van der Waals surface area contributed by atoms with Gasteiger partial charge in [0.1, 0.15) is 0 Å². The molecular formula is C18H23N3O2. The van der Waals surface area contributed by atoms with Crippen LogP contribution in [-0.2, 0) is 9.59 Å². The minimum Gasteiger partial charge on any atom is -0.348 e. The molecule has 1 N–H and O–H groups in total. The van der Waals surface area contributed by atoms with E-state index in [9.17, 15) is 9.59 Å². The number of anilines is 1. The smallest absolute Gasteiger partial charge is 0.241 e. The molecule has 0 aliphatic heterocycles. The molecule has 0 saturated heterocycles. The van der Waals surface area contributed by atoms with E-state index in [4.69, 9.17) is 0 Å². The maximum atomic E-state index is 12.4. The van der Waals surface area contributed by atoms with E-state index < -0.39 is 6.04 Å². The fourth-order valence-electron chi connectivity index (χ4n) is 2.21. The summed E-state index contributed by atoms with van der Waals surface area (Å²) in [5, 5.41) is 5.12. The predicted molar refractivity (Wildman–Crippen MR) is 93.4 cm³/mol. The molecule has 2 aromatic carbocycles. The molecule has 0 aromatic heterocycles. The van der Waals surface area contributed by atoms with Crippen molar-refractivity contribution in [2.45, 2.75) is 13.0 Å². The zero-order valence-corrected chi connectivity index (χ0v) is 14.0. The second-order valence-electron chi connectivity index (χ2n) is 5.93. The molecule has 2 aromatic rings. The standard InChI is InChI=1S/C18H23N3O2/c1-13(21(4)12-17(22)20(2)3)18(23)19-16-10-9-14-7-5-6-8-15(14)11-16/h5-11,13H,12H2,1-4H3,(H,19,23)/t13-/m0/s1. The molecule has 0 saturated carbocycles. The predicted octanol–water partition coefficient (Wildman–Crippen LogP) is 2.19. The van der Waals surface area contributed by atoms with Crippen LogP contribution in [0.5, 0.6) is 0 Å². The number of carbonyl (C=O) groups excluding carboxylic acids is 2. The molecule has 0 unspecified atom stereocenters. The highest BCUT2D eigenvalue weighted by molar-refractivity contribution is 5.97. The van der Waals surface area contributed by atoms with Gasteiger partial charge in [-0.15, -0.1) is 0 Å². The highest BCUT2D eigenvalue weighted by Gasteiger charge is 2.20. The topological polar surface area (TPSA) is 52.7 Å². The number of hydrogen-bond donors (Lipinski definition) is 1. The summed E-state index contributed by atoms with van der Waals surface area (Å²) in [5.74, 6) is -0.160. The van der Waals surface area contributed by atoms with Crippen LogP contribution in [0.3, 0.4) is 0 Å². The first-order chi connectivity index (χ1) is 10.9. The molecule has 0 bridgehead atoms. The van der Waals surface area contributed by atoms with Gasteiger partial charge in [-0.25, -0.2) is 0 Å². The molecule has 0 spiro atoms. The third kappa shape index (κ3) is 4.29. The van der Waals surface area contributed by atoms with Crippen molar-refractivity contribution in [2.24, 2.45) is 0 Å². The largest absolute Gasteiger partial charge is 0.348 e. The third-order valence-corrected chi connectivity index (χ3v) is 3.94. The number of nitrogens with zero attached hydrogens (tertiary/aromatic N) is 2. The number of benzene rings is 2. The van der Waals surface area contributed by atoms with E-state index in [1.54, 1.807) is 33.0 Å². The van der Waals surface area contributed by atoms with Crippen molar-refractivity contribution < 1.29 is 9.59 Å². The first-order valence-corrected chi connectivity index (χ1v) is 7.58. The molecule has 0 fully saturated rings. The average Bonchev–Trinajstić information content (AvgIpc) is 2.53. The number of amides is 2. The fraction of sp³-hybridized carbons (Fsp3) is 0.333. The number of carbonyl (C=O) groups is 2. The molecule has 23 heavy (non-hydrogen) atoms. The molecule has 0 heterocycles. The van der Waals surface area contributed by atoms with Gasteiger partial charge in [0, 0.05) is 19.8 Å². The first kappa shape index (κ1) is 17.0. The van der Waals surface area contributed by atoms with E-state index in [1.165, 1.54) is 4.90 Å². The van der Waals surface area contributed by atoms with Gasteiger partial charge in [-0.05, 0) is 36.9 Å². The van der Waals surface area contributed by atoms with Crippen molar-refractivity contribution in [3.8, 4) is 0 Å². The van der Waals surface area contributed by atoms with E-state index >= 15 is 0 Å². The Labute approximate surface area is 136 Å². The number of hydrogen-bond acceptors (Lipinski definition) is 3. The van der Waals surface area contributed by atoms with E-state index in [0.717, 1.165) is 16.5 Å². The van der Waals surface area contributed by atoms with Crippen molar-refractivity contribution in [1.29, 1.82) is 0 Å². The Hall–Kier alpha value is -2.40. The molecule has 122 valence electrons. The Kier molecular flexibility index (Phi) is 5.34. The summed E-state index contributed by atoms with van der Waals surface area (Å²) >= 11 is 0. The number of likely N-dealkylation sites (N-methyl/N-ethyl adjacent to an activating group) is 2. The van der Waals surface area contributed by atoms with Crippen LogP contribution in [0, 0.1) is 0 Å². The van der Waals surface area contributed by atoms with E-state index in [0.29, 0.717) is 0 Å². The van der Waals surface area contributed by atoms with Crippen molar-refractivity contribution in [3.05, 3.63) is 42.5 Å². The summed E-state index contributed by atoms with van der Waals surface area (Å²) in [4.78, 5) is 27.4. The Morgan fingerprint density at radius 1 is 1.04 bits per heavy atom. The summed E-state index contributed by atoms with van der Waals surface area (Å²) in [6, 6.07) is 13.4. The number of fused-ring (bicyclic) bond motifs is 1. The second kappa shape index (κ2) is 7.24. The minimum absolute atomic E-state index is 0.0298. The molecule has 1 atom stereocenters. The fourth-order valence-corrected chi connectivity index (χ4v) is 2.21. The van der Waals surface area contributed by atoms with Gasteiger partial charge in [0.05, 0.1) is 12.6 Å². The van der Waals surface area contributed by atoms with Gasteiger partial charge in [-0.2, -0.15) is 0 Å². The van der Waals surface area contributed by atoms with Crippen LogP contribution in [0.25, 0.3) is 10.8 Å². The lowest BCUT2D eigenvalue weighted by molar-refractivity contribution is -0.131. The highest BCUT2D eigenvalue weighted by atomic mass is 16.2. The summed E-state index contributed by atoms with van der Waals surface area (Å²) in [7, 11) is 5.18. The van der Waals surface area contributed by atoms with Gasteiger partial charge < -0.3 is 10.2 Å². The third-order valence-electron chi connectivity index (χ3n) is 3.94. The minimum atomic E-state index is -0.398. The summed E-state index contributed by atoms with van der Waals surface area (Å²) in [6.07, 6.45) is 0. The van der Waals surface area contributed by atoms with Crippen LogP contribution in [0.2, 0.25) is 0 Å². The lowest BCUT2D eigenvalue weighted by Crippen LogP contribution is -2.44. The highest BCUT2D eigenvalue weighted by Crippen LogP contribution is 2.19. The number of rotatable bonds is 5. The van der Waals surface area contributed by atoms with Crippen molar-refractivity contribution in [1.82, 2.24) is 9.80 Å². The molecule has 5 nitrogen and oxygen atoms in total. The van der Waals surface area contributed by atoms with Crippen molar-refractivity contribution in [3.63, 3.8) is 0 Å². The zero-order chi connectivity index (χ0) is 17.0. The molecule has 0 aliphatic carbocycles. The molecule has 2 rings (SSSR count). The van der Waals surface area contributed by atoms with Crippen molar-refractivity contribution in [2.75, 3.05) is 33.0 Å². The van der Waals surface area contributed by atoms with Crippen LogP contribution < -0.4 is 5.32 Å². The second-order valence-corrected chi connectivity index (χ2v) is 5.93. The maximum absolute atomic E-state index is 12.4. The summed E-state index contributed by atoms with van der Waals surface area (Å²) in [6.45, 7) is 2.00. The van der Waals surface area contributed by atoms with Crippen LogP contribution in [0.4, 0.5) is 5.69 Å². The van der Waals surface area contributed by atoms with Crippen LogP contribution in [0.15, 0.2) is 42.5 Å². The zero-order valence-electron chi connectivity index (χ0n) is 14.0. The maximum Gasteiger partial charge on any atom is 0.241 e. The van der Waals surface area contributed by atoms with Gasteiger partial charge >= 0.3 is 0 Å². The normalized spacial score (nSPS) is 12.2. The van der Waals surface area contributed by atoms with Crippen LogP contribution in [0.1, 0.15) is 6.92 Å². The van der Waals surface area contributed by atoms with Crippen LogP contribution in [-0.4, -0.2) is 55.3 Å². The van der Waals surface area contributed by atoms with Gasteiger partial charge in [0.2, 0.25) is 11.8 Å². The van der Waals surface area contributed by atoms with Gasteiger partial charge in [0.15, 0.2) is 0 Å². The quantitative estimate of drug-likeness (QED) is 0.920. The lowest BCUT2D eigenvalue weighted by Gasteiger charge is -2.24. The van der Waals surface area contributed by atoms with E-state index in [-0.39, 0.29) is 18.4 Å². The van der Waals surface area contributed by atoms with Gasteiger partial charge in [0.25, 0.3) is 0 Å². The van der Waals surface area contributed by atoms with Gasteiger partial charge in [-0.1, -0.05) is 30.3 Å². The molecule has 0 radical (unpaired) electrons. The summed E-state index contributed by atoms with van der Waals surface area (Å²) in [5.41, 5.74) is 0.757. The van der Waals surface area contributed by atoms with Crippen molar-refractivity contribution >= 4 is 28.3 Å². The SMILES string of the molecule is C[C@@H](C(=O)Nc1ccc2ccccc2c1)N(C)CC(=O)N(C)C. The lowest BCUT2D eigenvalue weighted by atomic mass is 10.1.